The van der Waals surface area contributed by atoms with Gasteiger partial charge in [-0.1, -0.05) is 6.92 Å². The van der Waals surface area contributed by atoms with Gasteiger partial charge in [-0.15, -0.1) is 0 Å². The van der Waals surface area contributed by atoms with Crippen molar-refractivity contribution >= 4 is 41.9 Å². The van der Waals surface area contributed by atoms with Gasteiger partial charge in [-0.25, -0.2) is 19.3 Å². The predicted octanol–water partition coefficient (Wildman–Crippen LogP) is 4.35. The van der Waals surface area contributed by atoms with Crippen LogP contribution in [0.3, 0.4) is 0 Å². The van der Waals surface area contributed by atoms with E-state index in [4.69, 9.17) is 0 Å². The third kappa shape index (κ3) is 5.83. The molecule has 3 heterocycles. The van der Waals surface area contributed by atoms with Crippen molar-refractivity contribution in [3.63, 3.8) is 0 Å². The van der Waals surface area contributed by atoms with Crippen LogP contribution in [-0.2, 0) is 0 Å². The lowest BCUT2D eigenvalue weighted by molar-refractivity contribution is 0.0964. The van der Waals surface area contributed by atoms with Crippen molar-refractivity contribution in [3.8, 4) is 11.3 Å². The molecule has 35 heavy (non-hydrogen) atoms. The summed E-state index contributed by atoms with van der Waals surface area (Å²) in [7, 11) is 1.55. The molecule has 0 spiro atoms. The van der Waals surface area contributed by atoms with Crippen LogP contribution in [0.2, 0.25) is 0 Å². The highest BCUT2D eigenvalue weighted by Gasteiger charge is 2.17. The maximum Gasteiger partial charge on any atom is 0.251 e. The first-order chi connectivity index (χ1) is 16.5. The number of fused-ring (bicyclic) bond motifs is 1. The Kier molecular flexibility index (Phi) is 8.53. The monoisotopic (exact) mass is 493 g/mol. The van der Waals surface area contributed by atoms with Crippen molar-refractivity contribution in [2.45, 2.75) is 19.8 Å². The Morgan fingerprint density at radius 2 is 1.86 bits per heavy atom. The number of halogens is 1. The molecule has 0 aliphatic carbocycles. The summed E-state index contributed by atoms with van der Waals surface area (Å²) in [4.78, 5) is 29.7. The number of carbonyl (C=O) groups is 1. The fourth-order valence-electron chi connectivity index (χ4n) is 3.76. The molecule has 3 aromatic heterocycles. The van der Waals surface area contributed by atoms with Crippen molar-refractivity contribution in [2.75, 3.05) is 30.8 Å². The normalized spacial score (nSPS) is 11.4. The number of nitrogens with zero attached hydrogens (tertiary/aromatic N) is 4. The quantitative estimate of drug-likeness (QED) is 0.335. The fraction of sp³-hybridized carbons (Fsp3) is 0.240. The van der Waals surface area contributed by atoms with Crippen LogP contribution < -0.4 is 16.0 Å². The molecule has 0 bridgehead atoms. The van der Waals surface area contributed by atoms with Gasteiger partial charge < -0.3 is 16.0 Å². The molecule has 0 unspecified atom stereocenters. The first-order valence-corrected chi connectivity index (χ1v) is 11.1. The third-order valence-electron chi connectivity index (χ3n) is 5.52. The van der Waals surface area contributed by atoms with Crippen molar-refractivity contribution in [2.24, 2.45) is 0 Å². The SMILES string of the molecule is CCNc1ccc(-c2cc(NC[C@@H](C)c3cc(F)cc4c(C(=O)NC)ccnc34)ncn2)cn1.S. The van der Waals surface area contributed by atoms with Gasteiger partial charge in [0, 0.05) is 55.5 Å². The van der Waals surface area contributed by atoms with Crippen LogP contribution in [0.1, 0.15) is 35.7 Å². The standard InChI is InChI=1S/C25H26FN7O.H2S/c1-4-28-22-6-5-16(13-31-22)21-11-23(33-14-32-21)30-12-15(2)19-9-17(26)10-20-18(25(34)27-3)7-8-29-24(19)20;/h5-11,13-15H,4,12H2,1-3H3,(H,27,34)(H,28,31)(H,30,32,33);1H2/t15-;/m1./s1. The minimum atomic E-state index is -0.412. The summed E-state index contributed by atoms with van der Waals surface area (Å²) >= 11 is 0. The summed E-state index contributed by atoms with van der Waals surface area (Å²) in [6.07, 6.45) is 4.83. The Bertz CT molecular complexity index is 1320. The molecule has 1 amide bonds. The minimum Gasteiger partial charge on any atom is -0.370 e. The lowest BCUT2D eigenvalue weighted by Gasteiger charge is -2.17. The first-order valence-electron chi connectivity index (χ1n) is 11.1. The van der Waals surface area contributed by atoms with Gasteiger partial charge in [0.05, 0.1) is 16.8 Å². The Morgan fingerprint density at radius 1 is 1.03 bits per heavy atom. The lowest BCUT2D eigenvalue weighted by atomic mass is 9.95. The second kappa shape index (κ2) is 11.6. The maximum atomic E-state index is 14.5. The summed E-state index contributed by atoms with van der Waals surface area (Å²) in [6.45, 7) is 5.28. The van der Waals surface area contributed by atoms with E-state index in [0.29, 0.717) is 34.4 Å². The molecule has 10 heteroatoms. The van der Waals surface area contributed by atoms with Gasteiger partial charge in [-0.2, -0.15) is 13.5 Å². The minimum absolute atomic E-state index is 0. The fourth-order valence-corrected chi connectivity index (χ4v) is 3.76. The lowest BCUT2D eigenvalue weighted by Crippen LogP contribution is -2.18. The van der Waals surface area contributed by atoms with Crippen LogP contribution in [0.5, 0.6) is 0 Å². The van der Waals surface area contributed by atoms with Gasteiger partial charge in [0.15, 0.2) is 0 Å². The van der Waals surface area contributed by atoms with E-state index in [1.807, 2.05) is 32.0 Å². The largest absolute Gasteiger partial charge is 0.370 e. The predicted molar refractivity (Wildman–Crippen MR) is 142 cm³/mol. The van der Waals surface area contributed by atoms with E-state index in [1.165, 1.54) is 18.5 Å². The van der Waals surface area contributed by atoms with E-state index < -0.39 is 5.82 Å². The number of carbonyl (C=O) groups excluding carboxylic acids is 1. The average molecular weight is 494 g/mol. The van der Waals surface area contributed by atoms with Crippen molar-refractivity contribution < 1.29 is 9.18 Å². The summed E-state index contributed by atoms with van der Waals surface area (Å²) in [6, 6.07) is 10.1. The van der Waals surface area contributed by atoms with Crippen LogP contribution in [0.25, 0.3) is 22.2 Å². The highest BCUT2D eigenvalue weighted by Crippen LogP contribution is 2.28. The number of hydrogen-bond donors (Lipinski definition) is 3. The van der Waals surface area contributed by atoms with Gasteiger partial charge in [0.1, 0.15) is 23.8 Å². The molecule has 0 saturated heterocycles. The molecule has 0 fully saturated rings. The highest BCUT2D eigenvalue weighted by atomic mass is 32.1. The molecule has 182 valence electrons. The topological polar surface area (TPSA) is 105 Å². The van der Waals surface area contributed by atoms with Crippen molar-refractivity contribution in [1.29, 1.82) is 0 Å². The molecule has 8 nitrogen and oxygen atoms in total. The summed E-state index contributed by atoms with van der Waals surface area (Å²) < 4.78 is 14.5. The van der Waals surface area contributed by atoms with Crippen LogP contribution in [0.4, 0.5) is 16.0 Å². The smallest absolute Gasteiger partial charge is 0.251 e. The number of aromatic nitrogens is 4. The number of nitrogens with one attached hydrogen (secondary N) is 3. The van der Waals surface area contributed by atoms with Crippen LogP contribution in [0.15, 0.2) is 55.1 Å². The third-order valence-corrected chi connectivity index (χ3v) is 5.52. The Balaban J connectivity index is 0.00000342. The second-order valence-corrected chi connectivity index (χ2v) is 7.86. The summed E-state index contributed by atoms with van der Waals surface area (Å²) in [5.74, 6) is 0.655. The van der Waals surface area contributed by atoms with Crippen molar-refractivity contribution in [1.82, 2.24) is 25.3 Å². The molecule has 0 aliphatic rings. The zero-order chi connectivity index (χ0) is 24.1. The molecule has 4 rings (SSSR count). The van der Waals surface area contributed by atoms with E-state index in [2.05, 4.69) is 35.9 Å². The van der Waals surface area contributed by atoms with Crippen LogP contribution in [0, 0.1) is 5.82 Å². The molecule has 1 atom stereocenters. The molecular formula is C25H28FN7OS. The van der Waals surface area contributed by atoms with Gasteiger partial charge >= 0.3 is 0 Å². The van der Waals surface area contributed by atoms with Crippen molar-refractivity contribution in [3.05, 3.63) is 72.1 Å². The summed E-state index contributed by atoms with van der Waals surface area (Å²) in [5, 5.41) is 9.55. The zero-order valence-electron chi connectivity index (χ0n) is 19.8. The number of hydrogen-bond acceptors (Lipinski definition) is 7. The van der Waals surface area contributed by atoms with Crippen LogP contribution in [-0.4, -0.2) is 46.0 Å². The summed E-state index contributed by atoms with van der Waals surface area (Å²) in [5.41, 5.74) is 3.33. The number of amides is 1. The van der Waals surface area contributed by atoms with Gasteiger partial charge in [0.2, 0.25) is 0 Å². The highest BCUT2D eigenvalue weighted by molar-refractivity contribution is 7.59. The van der Waals surface area contributed by atoms with E-state index in [9.17, 15) is 9.18 Å². The number of anilines is 2. The van der Waals surface area contributed by atoms with Crippen LogP contribution >= 0.6 is 13.5 Å². The van der Waals surface area contributed by atoms with Gasteiger partial charge in [-0.3, -0.25) is 9.78 Å². The molecule has 1 aromatic carbocycles. The number of benzene rings is 1. The second-order valence-electron chi connectivity index (χ2n) is 7.86. The number of rotatable bonds is 8. The molecule has 3 N–H and O–H groups in total. The van der Waals surface area contributed by atoms with E-state index in [1.54, 1.807) is 25.5 Å². The molecule has 0 aliphatic heterocycles. The van der Waals surface area contributed by atoms with E-state index in [0.717, 1.165) is 23.6 Å². The number of pyridine rings is 2. The first kappa shape index (κ1) is 25.8. The Morgan fingerprint density at radius 3 is 2.57 bits per heavy atom. The average Bonchev–Trinajstić information content (AvgIpc) is 2.86. The Hall–Kier alpha value is -3.79. The van der Waals surface area contributed by atoms with Gasteiger partial charge in [-0.05, 0) is 42.8 Å². The molecular weight excluding hydrogens is 465 g/mol. The van der Waals surface area contributed by atoms with E-state index >= 15 is 0 Å². The van der Waals surface area contributed by atoms with Gasteiger partial charge in [0.25, 0.3) is 5.91 Å². The molecule has 0 saturated carbocycles. The molecule has 4 aromatic rings. The molecule has 0 radical (unpaired) electrons. The maximum absolute atomic E-state index is 14.5. The zero-order valence-corrected chi connectivity index (χ0v) is 20.8. The Labute approximate surface area is 210 Å². The van der Waals surface area contributed by atoms with E-state index in [-0.39, 0.29) is 25.3 Å².